The molecule has 1 atom stereocenters. The van der Waals surface area contributed by atoms with Crippen LogP contribution in [0.15, 0.2) is 18.3 Å². The molecule has 15 heavy (non-hydrogen) atoms. The van der Waals surface area contributed by atoms with Crippen molar-refractivity contribution in [2.45, 2.75) is 38.6 Å². The highest BCUT2D eigenvalue weighted by Crippen LogP contribution is 2.35. The van der Waals surface area contributed by atoms with Crippen molar-refractivity contribution in [3.05, 3.63) is 29.6 Å². The number of aryl methyl sites for hydroxylation is 1. The molecule has 1 saturated carbocycles. The van der Waals surface area contributed by atoms with Gasteiger partial charge in [0.25, 0.3) is 0 Å². The number of nitrogens with zero attached hydrogens (tertiary/aromatic N) is 1. The Kier molecular flexibility index (Phi) is 3.34. The lowest BCUT2D eigenvalue weighted by molar-refractivity contribution is 0.470. The van der Waals surface area contributed by atoms with Crippen LogP contribution in [0, 0.1) is 12.8 Å². The van der Waals surface area contributed by atoms with Crippen LogP contribution < -0.4 is 11.3 Å². The first-order valence-electron chi connectivity index (χ1n) is 5.69. The molecule has 1 heterocycles. The average molecular weight is 205 g/mol. The second kappa shape index (κ2) is 4.73. The Morgan fingerprint density at radius 1 is 1.60 bits per heavy atom. The van der Waals surface area contributed by atoms with Crippen LogP contribution in [0.4, 0.5) is 0 Å². The van der Waals surface area contributed by atoms with Crippen LogP contribution in [-0.4, -0.2) is 4.98 Å². The summed E-state index contributed by atoms with van der Waals surface area (Å²) in [6, 6.07) is 4.27. The normalized spacial score (nSPS) is 17.7. The van der Waals surface area contributed by atoms with Gasteiger partial charge in [-0.15, -0.1) is 0 Å². The van der Waals surface area contributed by atoms with Crippen molar-refractivity contribution in [3.8, 4) is 0 Å². The van der Waals surface area contributed by atoms with E-state index in [1.807, 2.05) is 12.3 Å². The van der Waals surface area contributed by atoms with Crippen molar-refractivity contribution in [1.29, 1.82) is 0 Å². The molecule has 0 bridgehead atoms. The van der Waals surface area contributed by atoms with E-state index in [1.54, 1.807) is 0 Å². The molecule has 1 fully saturated rings. The fourth-order valence-corrected chi connectivity index (χ4v) is 1.97. The summed E-state index contributed by atoms with van der Waals surface area (Å²) >= 11 is 0. The molecule has 1 unspecified atom stereocenters. The van der Waals surface area contributed by atoms with Crippen molar-refractivity contribution >= 4 is 0 Å². The lowest BCUT2D eigenvalue weighted by Gasteiger charge is -2.16. The molecule has 3 nitrogen and oxygen atoms in total. The summed E-state index contributed by atoms with van der Waals surface area (Å²) in [5.41, 5.74) is 5.20. The first-order valence-corrected chi connectivity index (χ1v) is 5.69. The molecular weight excluding hydrogens is 186 g/mol. The molecule has 3 N–H and O–H groups in total. The van der Waals surface area contributed by atoms with Gasteiger partial charge in [0.2, 0.25) is 0 Å². The fourth-order valence-electron chi connectivity index (χ4n) is 1.97. The molecule has 1 aromatic heterocycles. The van der Waals surface area contributed by atoms with Gasteiger partial charge in [-0.3, -0.25) is 16.3 Å². The van der Waals surface area contributed by atoms with E-state index in [9.17, 15) is 0 Å². The van der Waals surface area contributed by atoms with Crippen LogP contribution in [0.25, 0.3) is 0 Å². The Morgan fingerprint density at radius 3 is 3.00 bits per heavy atom. The van der Waals surface area contributed by atoms with Crippen molar-refractivity contribution in [2.75, 3.05) is 0 Å². The predicted octanol–water partition coefficient (Wildman–Crippen LogP) is 2.08. The summed E-state index contributed by atoms with van der Waals surface area (Å²) in [4.78, 5) is 4.41. The number of aromatic nitrogens is 1. The molecular formula is C12H19N3. The third-order valence-corrected chi connectivity index (χ3v) is 3.14. The molecule has 0 spiro atoms. The number of nitrogens with one attached hydrogen (secondary N) is 1. The molecule has 82 valence electrons. The Labute approximate surface area is 91.1 Å². The molecule has 1 aliphatic carbocycles. The number of nitrogens with two attached hydrogens (primary N) is 1. The minimum absolute atomic E-state index is 0.215. The highest BCUT2D eigenvalue weighted by Gasteiger charge is 2.23. The topological polar surface area (TPSA) is 50.9 Å². The van der Waals surface area contributed by atoms with Crippen LogP contribution >= 0.6 is 0 Å². The Bertz CT molecular complexity index is 320. The van der Waals surface area contributed by atoms with Crippen LogP contribution in [0.1, 0.15) is 43.0 Å². The van der Waals surface area contributed by atoms with Gasteiger partial charge in [0.05, 0.1) is 11.7 Å². The van der Waals surface area contributed by atoms with E-state index < -0.39 is 0 Å². The summed E-state index contributed by atoms with van der Waals surface area (Å²) < 4.78 is 0. The number of rotatable bonds is 5. The largest absolute Gasteiger partial charge is 0.271 e. The maximum atomic E-state index is 5.59. The second-order valence-corrected chi connectivity index (χ2v) is 4.45. The summed E-state index contributed by atoms with van der Waals surface area (Å²) in [6.45, 7) is 2.09. The zero-order valence-corrected chi connectivity index (χ0v) is 9.24. The van der Waals surface area contributed by atoms with Crippen LogP contribution in [0.5, 0.6) is 0 Å². The lowest BCUT2D eigenvalue weighted by atomic mass is 10.0. The van der Waals surface area contributed by atoms with E-state index >= 15 is 0 Å². The third-order valence-electron chi connectivity index (χ3n) is 3.14. The van der Waals surface area contributed by atoms with Crippen molar-refractivity contribution < 1.29 is 0 Å². The molecule has 1 aliphatic rings. The van der Waals surface area contributed by atoms with Gasteiger partial charge in [-0.05, 0) is 37.3 Å². The molecule has 0 amide bonds. The number of hydrogen-bond donors (Lipinski definition) is 2. The highest BCUT2D eigenvalue weighted by atomic mass is 15.2. The van der Waals surface area contributed by atoms with Gasteiger partial charge in [-0.2, -0.15) is 0 Å². The monoisotopic (exact) mass is 205 g/mol. The predicted molar refractivity (Wildman–Crippen MR) is 61.0 cm³/mol. The van der Waals surface area contributed by atoms with Gasteiger partial charge in [0.1, 0.15) is 0 Å². The van der Waals surface area contributed by atoms with E-state index in [4.69, 9.17) is 5.84 Å². The quantitative estimate of drug-likeness (QED) is 0.571. The first-order chi connectivity index (χ1) is 7.31. The van der Waals surface area contributed by atoms with Gasteiger partial charge >= 0.3 is 0 Å². The number of hydrazine groups is 1. The molecule has 1 aromatic rings. The molecule has 0 radical (unpaired) electrons. The standard InChI is InChI=1S/C12H19N3/c1-9-3-2-8-14-12(9)11(15-13)7-6-10-4-5-10/h2-3,8,10-11,15H,4-7,13H2,1H3. The molecule has 0 aromatic carbocycles. The Morgan fingerprint density at radius 2 is 2.40 bits per heavy atom. The van der Waals surface area contributed by atoms with E-state index in [1.165, 1.54) is 24.8 Å². The van der Waals surface area contributed by atoms with Crippen molar-refractivity contribution in [2.24, 2.45) is 11.8 Å². The van der Waals surface area contributed by atoms with Crippen molar-refractivity contribution in [3.63, 3.8) is 0 Å². The van der Waals surface area contributed by atoms with Gasteiger partial charge in [-0.1, -0.05) is 18.9 Å². The highest BCUT2D eigenvalue weighted by molar-refractivity contribution is 5.20. The second-order valence-electron chi connectivity index (χ2n) is 4.45. The summed E-state index contributed by atoms with van der Waals surface area (Å²) in [6.07, 6.45) is 7.00. The number of hydrogen-bond acceptors (Lipinski definition) is 3. The third kappa shape index (κ3) is 2.76. The summed E-state index contributed by atoms with van der Waals surface area (Å²) in [5.74, 6) is 6.54. The zero-order valence-electron chi connectivity index (χ0n) is 9.24. The fraction of sp³-hybridized carbons (Fsp3) is 0.583. The van der Waals surface area contributed by atoms with Crippen LogP contribution in [0.2, 0.25) is 0 Å². The molecule has 3 heteroatoms. The Balaban J connectivity index is 2.00. The maximum absolute atomic E-state index is 5.59. The van der Waals surface area contributed by atoms with E-state index in [0.717, 1.165) is 18.0 Å². The molecule has 0 aliphatic heterocycles. The zero-order chi connectivity index (χ0) is 10.7. The minimum atomic E-state index is 0.215. The number of pyridine rings is 1. The van der Waals surface area contributed by atoms with Gasteiger partial charge in [0.15, 0.2) is 0 Å². The van der Waals surface area contributed by atoms with Gasteiger partial charge in [0, 0.05) is 6.20 Å². The summed E-state index contributed by atoms with van der Waals surface area (Å²) in [7, 11) is 0. The van der Waals surface area contributed by atoms with E-state index in [2.05, 4.69) is 23.4 Å². The van der Waals surface area contributed by atoms with Crippen molar-refractivity contribution in [1.82, 2.24) is 10.4 Å². The minimum Gasteiger partial charge on any atom is -0.271 e. The summed E-state index contributed by atoms with van der Waals surface area (Å²) in [5, 5.41) is 0. The van der Waals surface area contributed by atoms with E-state index in [0.29, 0.717) is 0 Å². The Hall–Kier alpha value is -0.930. The first kappa shape index (κ1) is 10.6. The van der Waals surface area contributed by atoms with Crippen LogP contribution in [-0.2, 0) is 0 Å². The average Bonchev–Trinajstić information content (AvgIpc) is 3.05. The molecule has 0 saturated heterocycles. The molecule has 2 rings (SSSR count). The van der Waals surface area contributed by atoms with Gasteiger partial charge < -0.3 is 0 Å². The maximum Gasteiger partial charge on any atom is 0.0635 e. The smallest absolute Gasteiger partial charge is 0.0635 e. The van der Waals surface area contributed by atoms with E-state index in [-0.39, 0.29) is 6.04 Å². The lowest BCUT2D eigenvalue weighted by Crippen LogP contribution is -2.29. The van der Waals surface area contributed by atoms with Gasteiger partial charge in [-0.25, -0.2) is 0 Å². The SMILES string of the molecule is Cc1cccnc1C(CCC1CC1)NN. The van der Waals surface area contributed by atoms with Crippen LogP contribution in [0.3, 0.4) is 0 Å².